The molecule has 5 nitrogen and oxygen atoms in total. The summed E-state index contributed by atoms with van der Waals surface area (Å²) < 4.78 is 0. The molecule has 0 aromatic heterocycles. The van der Waals surface area contributed by atoms with E-state index in [1.54, 1.807) is 15.9 Å². The van der Waals surface area contributed by atoms with Crippen molar-refractivity contribution in [2.75, 3.05) is 26.2 Å². The Balaban J connectivity index is 2.07. The van der Waals surface area contributed by atoms with Crippen molar-refractivity contribution in [1.29, 1.82) is 0 Å². The Hall–Kier alpha value is -1.88. The lowest BCUT2D eigenvalue weighted by Gasteiger charge is -2.33. The number of carbonyl (C=O) groups excluding carboxylic acids is 2. The van der Waals surface area contributed by atoms with Crippen LogP contribution in [-0.4, -0.2) is 53.4 Å². The van der Waals surface area contributed by atoms with Gasteiger partial charge in [-0.05, 0) is 25.0 Å². The predicted octanol–water partition coefficient (Wildman–Crippen LogP) is 0.637. The number of nitrogens with zero attached hydrogens (tertiary/aromatic N) is 2. The van der Waals surface area contributed by atoms with Gasteiger partial charge in [0.05, 0.1) is 0 Å². The molecule has 1 N–H and O–H groups in total. The second-order valence-electron chi connectivity index (χ2n) is 5.23. The van der Waals surface area contributed by atoms with Crippen molar-refractivity contribution in [2.24, 2.45) is 0 Å². The Labute approximate surface area is 118 Å². The fraction of sp³-hybridized carbons (Fsp3) is 0.467. The summed E-state index contributed by atoms with van der Waals surface area (Å²) in [4.78, 5) is 26.2. The molecule has 1 atom stereocenters. The first-order valence-corrected chi connectivity index (χ1v) is 6.76. The molecule has 0 saturated carbocycles. The minimum Gasteiger partial charge on any atom is -0.378 e. The monoisotopic (exact) mass is 276 g/mol. The second kappa shape index (κ2) is 6.05. The number of rotatable bonds is 3. The van der Waals surface area contributed by atoms with Crippen LogP contribution in [0.25, 0.3) is 0 Å². The molecule has 0 aliphatic carbocycles. The van der Waals surface area contributed by atoms with Crippen molar-refractivity contribution >= 4 is 12.3 Å². The van der Waals surface area contributed by atoms with Crippen LogP contribution in [0.5, 0.6) is 0 Å². The minimum absolute atomic E-state index is 0.289. The topological polar surface area (TPSA) is 60.9 Å². The van der Waals surface area contributed by atoms with Crippen LogP contribution in [0.4, 0.5) is 0 Å². The first-order valence-electron chi connectivity index (χ1n) is 6.76. The molecule has 0 radical (unpaired) electrons. The first-order chi connectivity index (χ1) is 9.52. The van der Waals surface area contributed by atoms with Crippen LogP contribution in [0, 0.1) is 13.8 Å². The van der Waals surface area contributed by atoms with E-state index in [2.05, 4.69) is 0 Å². The van der Waals surface area contributed by atoms with Crippen LogP contribution in [0.15, 0.2) is 18.2 Å². The van der Waals surface area contributed by atoms with Crippen molar-refractivity contribution in [3.8, 4) is 0 Å². The van der Waals surface area contributed by atoms with Gasteiger partial charge in [0.15, 0.2) is 6.10 Å². The molecular weight excluding hydrogens is 256 g/mol. The number of aryl methyl sites for hydroxylation is 2. The van der Waals surface area contributed by atoms with Gasteiger partial charge in [0.1, 0.15) is 0 Å². The number of benzene rings is 1. The third-order valence-corrected chi connectivity index (χ3v) is 3.73. The lowest BCUT2D eigenvalue weighted by molar-refractivity contribution is -0.143. The zero-order valence-electron chi connectivity index (χ0n) is 11.9. The molecule has 1 aromatic rings. The number of hydrogen-bond acceptors (Lipinski definition) is 3. The van der Waals surface area contributed by atoms with Crippen molar-refractivity contribution in [2.45, 2.75) is 20.0 Å². The molecule has 20 heavy (non-hydrogen) atoms. The van der Waals surface area contributed by atoms with E-state index in [9.17, 15) is 14.7 Å². The van der Waals surface area contributed by atoms with E-state index < -0.39 is 6.10 Å². The standard InChI is InChI=1S/C15H20N2O3/c1-11-3-4-13(12(2)9-11)14(19)15(20)17-7-5-16(10-18)6-8-17/h3-4,9-10,14,19H,5-8H2,1-2H3. The highest BCUT2D eigenvalue weighted by atomic mass is 16.3. The van der Waals surface area contributed by atoms with E-state index in [0.717, 1.165) is 17.5 Å². The summed E-state index contributed by atoms with van der Waals surface area (Å²) in [5, 5.41) is 10.3. The lowest BCUT2D eigenvalue weighted by Crippen LogP contribution is -2.49. The van der Waals surface area contributed by atoms with Crippen molar-refractivity contribution in [3.05, 3.63) is 34.9 Å². The van der Waals surface area contributed by atoms with Crippen molar-refractivity contribution < 1.29 is 14.7 Å². The molecule has 1 aliphatic rings. The Morgan fingerprint density at radius 1 is 1.25 bits per heavy atom. The Kier molecular flexibility index (Phi) is 4.39. The van der Waals surface area contributed by atoms with Crippen LogP contribution in [0.2, 0.25) is 0 Å². The summed E-state index contributed by atoms with van der Waals surface area (Å²) >= 11 is 0. The van der Waals surface area contributed by atoms with Crippen LogP contribution in [0.3, 0.4) is 0 Å². The molecule has 2 amide bonds. The smallest absolute Gasteiger partial charge is 0.256 e. The average molecular weight is 276 g/mol. The fourth-order valence-electron chi connectivity index (χ4n) is 2.49. The minimum atomic E-state index is -1.13. The molecular formula is C15H20N2O3. The van der Waals surface area contributed by atoms with Gasteiger partial charge in [-0.1, -0.05) is 23.8 Å². The number of carbonyl (C=O) groups is 2. The molecule has 5 heteroatoms. The van der Waals surface area contributed by atoms with E-state index in [0.29, 0.717) is 31.7 Å². The summed E-state index contributed by atoms with van der Waals surface area (Å²) in [6.07, 6.45) is -0.332. The van der Waals surface area contributed by atoms with Gasteiger partial charge in [0, 0.05) is 26.2 Å². The summed E-state index contributed by atoms with van der Waals surface area (Å²) in [5.41, 5.74) is 2.67. The lowest BCUT2D eigenvalue weighted by atomic mass is 10.00. The molecule has 1 heterocycles. The maximum atomic E-state index is 12.3. The van der Waals surface area contributed by atoms with Crippen LogP contribution >= 0.6 is 0 Å². The zero-order valence-corrected chi connectivity index (χ0v) is 11.9. The Morgan fingerprint density at radius 3 is 2.45 bits per heavy atom. The summed E-state index contributed by atoms with van der Waals surface area (Å²) in [6.45, 7) is 5.86. The van der Waals surface area contributed by atoms with Gasteiger partial charge < -0.3 is 14.9 Å². The number of aliphatic hydroxyl groups is 1. The van der Waals surface area contributed by atoms with E-state index >= 15 is 0 Å². The second-order valence-corrected chi connectivity index (χ2v) is 5.23. The number of hydrogen-bond donors (Lipinski definition) is 1. The molecule has 1 unspecified atom stereocenters. The van der Waals surface area contributed by atoms with Gasteiger partial charge in [-0.2, -0.15) is 0 Å². The van der Waals surface area contributed by atoms with E-state index in [4.69, 9.17) is 0 Å². The van der Waals surface area contributed by atoms with Crippen LogP contribution in [-0.2, 0) is 9.59 Å². The molecule has 1 fully saturated rings. The Bertz CT molecular complexity index is 508. The van der Waals surface area contributed by atoms with Gasteiger partial charge in [-0.15, -0.1) is 0 Å². The highest BCUT2D eigenvalue weighted by Gasteiger charge is 2.27. The van der Waals surface area contributed by atoms with E-state index in [1.807, 2.05) is 26.0 Å². The van der Waals surface area contributed by atoms with Gasteiger partial charge in [0.2, 0.25) is 6.41 Å². The van der Waals surface area contributed by atoms with E-state index in [1.165, 1.54) is 0 Å². The third kappa shape index (κ3) is 2.99. The average Bonchev–Trinajstić information content (AvgIpc) is 2.46. The van der Waals surface area contributed by atoms with Gasteiger partial charge in [-0.25, -0.2) is 0 Å². The summed E-state index contributed by atoms with van der Waals surface area (Å²) in [7, 11) is 0. The molecule has 1 aromatic carbocycles. The molecule has 108 valence electrons. The predicted molar refractivity (Wildman–Crippen MR) is 75.1 cm³/mol. The first kappa shape index (κ1) is 14.5. The largest absolute Gasteiger partial charge is 0.378 e. The number of piperazine rings is 1. The zero-order chi connectivity index (χ0) is 14.7. The quantitative estimate of drug-likeness (QED) is 0.824. The Morgan fingerprint density at radius 2 is 1.90 bits per heavy atom. The van der Waals surface area contributed by atoms with Crippen molar-refractivity contribution in [3.63, 3.8) is 0 Å². The highest BCUT2D eigenvalue weighted by Crippen LogP contribution is 2.21. The molecule has 1 saturated heterocycles. The summed E-state index contributed by atoms with van der Waals surface area (Å²) in [5.74, 6) is -0.289. The molecule has 0 bridgehead atoms. The fourth-order valence-corrected chi connectivity index (χ4v) is 2.49. The molecule has 2 rings (SSSR count). The maximum Gasteiger partial charge on any atom is 0.256 e. The molecule has 0 spiro atoms. The normalized spacial score (nSPS) is 16.9. The van der Waals surface area contributed by atoms with E-state index in [-0.39, 0.29) is 5.91 Å². The van der Waals surface area contributed by atoms with Crippen LogP contribution < -0.4 is 0 Å². The highest BCUT2D eigenvalue weighted by molar-refractivity contribution is 5.82. The van der Waals surface area contributed by atoms with Gasteiger partial charge in [0.25, 0.3) is 5.91 Å². The SMILES string of the molecule is Cc1ccc(C(O)C(=O)N2CCN(C=O)CC2)c(C)c1. The van der Waals surface area contributed by atoms with Gasteiger partial charge >= 0.3 is 0 Å². The molecule has 1 aliphatic heterocycles. The van der Waals surface area contributed by atoms with Crippen molar-refractivity contribution in [1.82, 2.24) is 9.80 Å². The maximum absolute atomic E-state index is 12.3. The number of amides is 2. The third-order valence-electron chi connectivity index (χ3n) is 3.73. The number of aliphatic hydroxyl groups excluding tert-OH is 1. The van der Waals surface area contributed by atoms with Gasteiger partial charge in [-0.3, -0.25) is 9.59 Å². The van der Waals surface area contributed by atoms with Crippen LogP contribution in [0.1, 0.15) is 22.8 Å². The summed E-state index contributed by atoms with van der Waals surface area (Å²) in [6, 6.07) is 5.65.